The van der Waals surface area contributed by atoms with Gasteiger partial charge in [0.05, 0.1) is 11.5 Å². The molecule has 0 radical (unpaired) electrons. The molecule has 1 heterocycles. The molecule has 0 saturated heterocycles. The molecule has 1 amide bonds. The van der Waals surface area contributed by atoms with Gasteiger partial charge in [0.1, 0.15) is 11.6 Å². The van der Waals surface area contributed by atoms with Crippen LogP contribution >= 0.6 is 0 Å². The predicted octanol–water partition coefficient (Wildman–Crippen LogP) is 3.02. The molecule has 0 saturated carbocycles. The Bertz CT molecular complexity index is 679. The average Bonchev–Trinajstić information content (AvgIpc) is 2.64. The van der Waals surface area contributed by atoms with E-state index in [4.69, 9.17) is 4.74 Å². The van der Waals surface area contributed by atoms with Gasteiger partial charge in [0.25, 0.3) is 0 Å². The number of amides is 1. The van der Waals surface area contributed by atoms with Crippen LogP contribution in [0.15, 0.2) is 0 Å². The Morgan fingerprint density at radius 1 is 1.15 bits per heavy atom. The van der Waals surface area contributed by atoms with E-state index in [0.29, 0.717) is 0 Å². The SMILES string of the molecule is Cc1c(C(=O)C(NC(=O)OC(C)(C)C)C(C)C(F)(F)F)c(O)n(C)c1O. The zero-order chi connectivity index (χ0) is 20.6. The van der Waals surface area contributed by atoms with Gasteiger partial charge in [-0.15, -0.1) is 0 Å². The molecule has 0 aliphatic carbocycles. The van der Waals surface area contributed by atoms with E-state index in [0.717, 1.165) is 11.5 Å². The molecule has 7 nitrogen and oxygen atoms in total. The van der Waals surface area contributed by atoms with Gasteiger partial charge >= 0.3 is 12.3 Å². The molecule has 1 rings (SSSR count). The fraction of sp³-hybridized carbons (Fsp3) is 0.625. The van der Waals surface area contributed by atoms with Crippen molar-refractivity contribution in [2.75, 3.05) is 0 Å². The summed E-state index contributed by atoms with van der Waals surface area (Å²) in [5.74, 6) is -4.62. The maximum Gasteiger partial charge on any atom is 0.408 e. The van der Waals surface area contributed by atoms with Gasteiger partial charge in [-0.2, -0.15) is 13.2 Å². The van der Waals surface area contributed by atoms with Crippen LogP contribution in [-0.4, -0.2) is 44.5 Å². The molecule has 0 spiro atoms. The number of nitrogens with one attached hydrogen (secondary N) is 1. The van der Waals surface area contributed by atoms with Crippen LogP contribution in [0.1, 0.15) is 43.6 Å². The van der Waals surface area contributed by atoms with Crippen LogP contribution in [0.5, 0.6) is 11.8 Å². The van der Waals surface area contributed by atoms with E-state index < -0.39 is 52.9 Å². The molecule has 148 valence electrons. The minimum atomic E-state index is -4.80. The highest BCUT2D eigenvalue weighted by atomic mass is 19.4. The van der Waals surface area contributed by atoms with E-state index in [1.807, 2.05) is 5.32 Å². The van der Waals surface area contributed by atoms with Crippen LogP contribution in [0.4, 0.5) is 18.0 Å². The zero-order valence-corrected chi connectivity index (χ0v) is 15.4. The first-order valence-electron chi connectivity index (χ1n) is 7.75. The summed E-state index contributed by atoms with van der Waals surface area (Å²) in [6.07, 6.45) is -6.00. The molecule has 10 heteroatoms. The van der Waals surface area contributed by atoms with Crippen molar-refractivity contribution < 1.29 is 37.7 Å². The van der Waals surface area contributed by atoms with Gasteiger partial charge in [-0.3, -0.25) is 9.36 Å². The highest BCUT2D eigenvalue weighted by molar-refractivity contribution is 6.05. The molecule has 0 aromatic carbocycles. The third-order valence-corrected chi connectivity index (χ3v) is 3.79. The third-order valence-electron chi connectivity index (χ3n) is 3.79. The quantitative estimate of drug-likeness (QED) is 0.697. The Labute approximate surface area is 148 Å². The number of aromatic nitrogens is 1. The molecule has 0 fully saturated rings. The van der Waals surface area contributed by atoms with Crippen molar-refractivity contribution in [3.8, 4) is 11.8 Å². The number of rotatable bonds is 4. The third kappa shape index (κ3) is 4.61. The highest BCUT2D eigenvalue weighted by Gasteiger charge is 2.46. The number of ether oxygens (including phenoxy) is 1. The fourth-order valence-corrected chi connectivity index (χ4v) is 2.29. The van der Waals surface area contributed by atoms with Crippen molar-refractivity contribution in [3.63, 3.8) is 0 Å². The minimum absolute atomic E-state index is 0.0969. The molecular weight excluding hydrogens is 357 g/mol. The van der Waals surface area contributed by atoms with Gasteiger partial charge in [-0.25, -0.2) is 4.79 Å². The number of ketones is 1. The number of nitrogens with zero attached hydrogens (tertiary/aromatic N) is 1. The van der Waals surface area contributed by atoms with Crippen molar-refractivity contribution in [1.82, 2.24) is 9.88 Å². The van der Waals surface area contributed by atoms with E-state index in [1.54, 1.807) is 0 Å². The largest absolute Gasteiger partial charge is 0.494 e. The van der Waals surface area contributed by atoms with Gasteiger partial charge < -0.3 is 20.3 Å². The molecule has 2 atom stereocenters. The predicted molar refractivity (Wildman–Crippen MR) is 86.2 cm³/mol. The van der Waals surface area contributed by atoms with Crippen LogP contribution in [-0.2, 0) is 11.8 Å². The summed E-state index contributed by atoms with van der Waals surface area (Å²) >= 11 is 0. The monoisotopic (exact) mass is 380 g/mol. The van der Waals surface area contributed by atoms with E-state index in [-0.39, 0.29) is 5.56 Å². The summed E-state index contributed by atoms with van der Waals surface area (Å²) in [5.41, 5.74) is -1.58. The number of alkyl halides is 3. The smallest absolute Gasteiger partial charge is 0.408 e. The van der Waals surface area contributed by atoms with Crippen LogP contribution in [0.25, 0.3) is 0 Å². The van der Waals surface area contributed by atoms with Crippen molar-refractivity contribution in [2.24, 2.45) is 13.0 Å². The van der Waals surface area contributed by atoms with E-state index in [9.17, 15) is 33.0 Å². The minimum Gasteiger partial charge on any atom is -0.494 e. The summed E-state index contributed by atoms with van der Waals surface area (Å²) < 4.78 is 45.3. The molecule has 1 aromatic rings. The number of aromatic hydroxyl groups is 2. The van der Waals surface area contributed by atoms with Crippen molar-refractivity contribution >= 4 is 11.9 Å². The topological polar surface area (TPSA) is 101 Å². The second kappa shape index (κ2) is 7.08. The van der Waals surface area contributed by atoms with E-state index >= 15 is 0 Å². The Hall–Kier alpha value is -2.39. The van der Waals surface area contributed by atoms with Crippen molar-refractivity contribution in [1.29, 1.82) is 0 Å². The lowest BCUT2D eigenvalue weighted by atomic mass is 9.92. The van der Waals surface area contributed by atoms with Gasteiger partial charge in [-0.1, -0.05) is 6.92 Å². The summed E-state index contributed by atoms with van der Waals surface area (Å²) in [5, 5.41) is 21.7. The maximum absolute atomic E-state index is 13.2. The summed E-state index contributed by atoms with van der Waals surface area (Å²) in [6.45, 7) is 6.55. The van der Waals surface area contributed by atoms with Gasteiger partial charge in [0, 0.05) is 12.6 Å². The lowest BCUT2D eigenvalue weighted by Crippen LogP contribution is -2.51. The average molecular weight is 380 g/mol. The number of halogens is 3. The first-order valence-corrected chi connectivity index (χ1v) is 7.75. The lowest BCUT2D eigenvalue weighted by Gasteiger charge is -2.27. The number of hydrogen-bond donors (Lipinski definition) is 3. The Morgan fingerprint density at radius 2 is 1.65 bits per heavy atom. The molecule has 3 N–H and O–H groups in total. The number of hydrogen-bond acceptors (Lipinski definition) is 5. The zero-order valence-electron chi connectivity index (χ0n) is 15.4. The van der Waals surface area contributed by atoms with E-state index in [1.165, 1.54) is 34.7 Å². The summed E-state index contributed by atoms with van der Waals surface area (Å²) in [6, 6.07) is -2.05. The van der Waals surface area contributed by atoms with Gasteiger partial charge in [-0.05, 0) is 27.7 Å². The van der Waals surface area contributed by atoms with Gasteiger partial charge in [0.15, 0.2) is 11.7 Å². The second-order valence-electron chi connectivity index (χ2n) is 7.02. The van der Waals surface area contributed by atoms with Crippen molar-refractivity contribution in [3.05, 3.63) is 11.1 Å². The number of alkyl carbamates (subject to hydrolysis) is 1. The number of carbonyl (C=O) groups is 2. The number of carbonyl (C=O) groups excluding carboxylic acids is 2. The van der Waals surface area contributed by atoms with Crippen LogP contribution < -0.4 is 5.32 Å². The molecule has 26 heavy (non-hydrogen) atoms. The standard InChI is InChI=1S/C16H23F3N2O5/c1-7-9(13(24)21(6)12(7)23)11(22)10(8(2)16(17,18)19)20-14(25)26-15(3,4)5/h8,10,23-24H,1-6H3,(H,20,25). The summed E-state index contributed by atoms with van der Waals surface area (Å²) in [7, 11) is 1.23. The molecule has 1 aromatic heterocycles. The first-order chi connectivity index (χ1) is 11.6. The normalized spacial score (nSPS) is 14.7. The number of Topliss-reactive ketones (excluding diaryl/α,β-unsaturated/α-hetero) is 1. The highest BCUT2D eigenvalue weighted by Crippen LogP contribution is 2.36. The Kier molecular flexibility index (Phi) is 5.90. The molecule has 0 aliphatic heterocycles. The Morgan fingerprint density at radius 3 is 2.00 bits per heavy atom. The van der Waals surface area contributed by atoms with Crippen LogP contribution in [0.2, 0.25) is 0 Å². The maximum atomic E-state index is 13.2. The van der Waals surface area contributed by atoms with E-state index in [2.05, 4.69) is 0 Å². The second-order valence-corrected chi connectivity index (χ2v) is 7.02. The summed E-state index contributed by atoms with van der Waals surface area (Å²) in [4.78, 5) is 24.6. The molecule has 0 aliphatic rings. The van der Waals surface area contributed by atoms with Crippen LogP contribution in [0, 0.1) is 12.8 Å². The Balaban J connectivity index is 3.31. The fourth-order valence-electron chi connectivity index (χ4n) is 2.29. The molecule has 0 bridgehead atoms. The van der Waals surface area contributed by atoms with Gasteiger partial charge in [0.2, 0.25) is 5.88 Å². The van der Waals surface area contributed by atoms with Crippen molar-refractivity contribution in [2.45, 2.75) is 52.4 Å². The first kappa shape index (κ1) is 21.7. The lowest BCUT2D eigenvalue weighted by molar-refractivity contribution is -0.173. The molecular formula is C16H23F3N2O5. The molecule has 2 unspecified atom stereocenters. The van der Waals surface area contributed by atoms with Crippen LogP contribution in [0.3, 0.4) is 0 Å².